The van der Waals surface area contributed by atoms with E-state index in [4.69, 9.17) is 0 Å². The van der Waals surface area contributed by atoms with Gasteiger partial charge in [0.25, 0.3) is 0 Å². The molecule has 0 aromatic heterocycles. The molecule has 2 unspecified atom stereocenters. The van der Waals surface area contributed by atoms with Crippen molar-refractivity contribution in [1.82, 2.24) is 10.2 Å². The Morgan fingerprint density at radius 2 is 2.10 bits per heavy atom. The zero-order valence-electron chi connectivity index (χ0n) is 13.0. The molecule has 0 bridgehead atoms. The maximum absolute atomic E-state index is 12.4. The van der Waals surface area contributed by atoms with E-state index >= 15 is 0 Å². The minimum atomic E-state index is 0. The van der Waals surface area contributed by atoms with E-state index in [0.29, 0.717) is 24.2 Å². The molecule has 118 valence electrons. The molecule has 1 aliphatic heterocycles. The topological polar surface area (TPSA) is 32.3 Å². The van der Waals surface area contributed by atoms with Crippen LogP contribution in [-0.4, -0.2) is 37.5 Å². The lowest BCUT2D eigenvalue weighted by atomic mass is 9.94. The van der Waals surface area contributed by atoms with Crippen molar-refractivity contribution in [2.24, 2.45) is 5.92 Å². The highest BCUT2D eigenvalue weighted by Gasteiger charge is 2.24. The van der Waals surface area contributed by atoms with Gasteiger partial charge >= 0.3 is 0 Å². The second-order valence-corrected chi connectivity index (χ2v) is 5.92. The van der Waals surface area contributed by atoms with Crippen molar-refractivity contribution in [2.75, 3.05) is 26.7 Å². The highest BCUT2D eigenvalue weighted by Crippen LogP contribution is 2.22. The normalized spacial score (nSPS) is 19.7. The van der Waals surface area contributed by atoms with Gasteiger partial charge in [0, 0.05) is 19.5 Å². The van der Waals surface area contributed by atoms with Crippen molar-refractivity contribution in [3.8, 4) is 0 Å². The molecule has 1 saturated heterocycles. The van der Waals surface area contributed by atoms with Gasteiger partial charge in [-0.25, -0.2) is 0 Å². The van der Waals surface area contributed by atoms with Gasteiger partial charge in [-0.3, -0.25) is 4.79 Å². The first-order chi connectivity index (χ1) is 9.70. The van der Waals surface area contributed by atoms with Crippen molar-refractivity contribution >= 4 is 18.3 Å². The van der Waals surface area contributed by atoms with Gasteiger partial charge in [0.15, 0.2) is 0 Å². The van der Waals surface area contributed by atoms with E-state index in [1.54, 1.807) is 0 Å². The Morgan fingerprint density at radius 3 is 2.76 bits per heavy atom. The Hall–Kier alpha value is -1.06. The van der Waals surface area contributed by atoms with E-state index in [9.17, 15) is 4.79 Å². The Labute approximate surface area is 134 Å². The average molecular weight is 311 g/mol. The summed E-state index contributed by atoms with van der Waals surface area (Å²) in [5.41, 5.74) is 1.25. The molecule has 3 nitrogen and oxygen atoms in total. The molecule has 1 aromatic carbocycles. The smallest absolute Gasteiger partial charge is 0.223 e. The van der Waals surface area contributed by atoms with Crippen LogP contribution in [-0.2, 0) is 4.79 Å². The van der Waals surface area contributed by atoms with Gasteiger partial charge in [-0.2, -0.15) is 0 Å². The van der Waals surface area contributed by atoms with Gasteiger partial charge in [-0.05, 0) is 43.8 Å². The molecule has 0 saturated carbocycles. The Kier molecular flexibility index (Phi) is 7.76. The SMILES string of the molecule is CNCC1CCCN(C(=O)CC(C)c2ccccc2)C1.Cl. The van der Waals surface area contributed by atoms with Gasteiger partial charge in [-0.15, -0.1) is 12.4 Å². The van der Waals surface area contributed by atoms with Crippen LogP contribution in [0, 0.1) is 5.92 Å². The van der Waals surface area contributed by atoms with Crippen LogP contribution in [0.4, 0.5) is 0 Å². The van der Waals surface area contributed by atoms with Crippen LogP contribution >= 0.6 is 12.4 Å². The number of rotatable bonds is 5. The fourth-order valence-corrected chi connectivity index (χ4v) is 3.04. The fourth-order valence-electron chi connectivity index (χ4n) is 3.04. The van der Waals surface area contributed by atoms with E-state index in [0.717, 1.165) is 26.1 Å². The summed E-state index contributed by atoms with van der Waals surface area (Å²) in [5, 5.41) is 3.23. The molecule has 1 aliphatic rings. The van der Waals surface area contributed by atoms with Crippen LogP contribution < -0.4 is 5.32 Å². The van der Waals surface area contributed by atoms with E-state index < -0.39 is 0 Å². The number of likely N-dealkylation sites (tertiary alicyclic amines) is 1. The van der Waals surface area contributed by atoms with E-state index in [-0.39, 0.29) is 12.4 Å². The maximum atomic E-state index is 12.4. The molecular formula is C17H27ClN2O. The molecule has 0 spiro atoms. The van der Waals surface area contributed by atoms with Crippen LogP contribution in [0.5, 0.6) is 0 Å². The number of piperidine rings is 1. The van der Waals surface area contributed by atoms with E-state index in [1.165, 1.54) is 12.0 Å². The summed E-state index contributed by atoms with van der Waals surface area (Å²) in [6, 6.07) is 10.3. The summed E-state index contributed by atoms with van der Waals surface area (Å²) in [4.78, 5) is 14.5. The van der Waals surface area contributed by atoms with Crippen molar-refractivity contribution in [1.29, 1.82) is 0 Å². The van der Waals surface area contributed by atoms with Crippen molar-refractivity contribution in [3.63, 3.8) is 0 Å². The van der Waals surface area contributed by atoms with Gasteiger partial charge in [0.05, 0.1) is 0 Å². The Balaban J connectivity index is 0.00000220. The van der Waals surface area contributed by atoms with Gasteiger partial charge < -0.3 is 10.2 Å². The zero-order chi connectivity index (χ0) is 14.4. The van der Waals surface area contributed by atoms with E-state index in [2.05, 4.69) is 29.3 Å². The first-order valence-corrected chi connectivity index (χ1v) is 7.68. The third-order valence-corrected chi connectivity index (χ3v) is 4.21. The summed E-state index contributed by atoms with van der Waals surface area (Å²) in [7, 11) is 1.98. The summed E-state index contributed by atoms with van der Waals surface area (Å²) in [5.74, 6) is 1.22. The summed E-state index contributed by atoms with van der Waals surface area (Å²) < 4.78 is 0. The standard InChI is InChI=1S/C17H26N2O.ClH/c1-14(16-8-4-3-5-9-16)11-17(20)19-10-6-7-15(13-19)12-18-2;/h3-5,8-9,14-15,18H,6-7,10-13H2,1-2H3;1H. The van der Waals surface area contributed by atoms with E-state index in [1.807, 2.05) is 25.2 Å². The van der Waals surface area contributed by atoms with Crippen molar-refractivity contribution in [3.05, 3.63) is 35.9 Å². The Morgan fingerprint density at radius 1 is 1.38 bits per heavy atom. The zero-order valence-corrected chi connectivity index (χ0v) is 13.9. The minimum absolute atomic E-state index is 0. The molecule has 0 radical (unpaired) electrons. The summed E-state index contributed by atoms with van der Waals surface area (Å²) in [6.07, 6.45) is 2.99. The highest BCUT2D eigenvalue weighted by molar-refractivity contribution is 5.85. The minimum Gasteiger partial charge on any atom is -0.342 e. The number of benzene rings is 1. The highest BCUT2D eigenvalue weighted by atomic mass is 35.5. The van der Waals surface area contributed by atoms with Crippen LogP contribution in [0.15, 0.2) is 30.3 Å². The molecule has 1 fully saturated rings. The lowest BCUT2D eigenvalue weighted by Gasteiger charge is -2.33. The van der Waals surface area contributed by atoms with Crippen molar-refractivity contribution in [2.45, 2.75) is 32.1 Å². The van der Waals surface area contributed by atoms with Gasteiger partial charge in [0.1, 0.15) is 0 Å². The predicted molar refractivity (Wildman–Crippen MR) is 90.0 cm³/mol. The van der Waals surface area contributed by atoms with Crippen LogP contribution in [0.1, 0.15) is 37.7 Å². The second kappa shape index (κ2) is 9.06. The molecule has 4 heteroatoms. The molecule has 1 heterocycles. The number of amides is 1. The lowest BCUT2D eigenvalue weighted by Crippen LogP contribution is -2.42. The third kappa shape index (κ3) is 5.33. The number of hydrogen-bond donors (Lipinski definition) is 1. The van der Waals surface area contributed by atoms with Crippen LogP contribution in [0.3, 0.4) is 0 Å². The average Bonchev–Trinajstić information content (AvgIpc) is 2.48. The largest absolute Gasteiger partial charge is 0.342 e. The molecule has 2 rings (SSSR count). The monoisotopic (exact) mass is 310 g/mol. The quantitative estimate of drug-likeness (QED) is 0.906. The van der Waals surface area contributed by atoms with Crippen LogP contribution in [0.2, 0.25) is 0 Å². The number of nitrogens with zero attached hydrogens (tertiary/aromatic N) is 1. The number of carbonyl (C=O) groups is 1. The summed E-state index contributed by atoms with van der Waals surface area (Å²) >= 11 is 0. The lowest BCUT2D eigenvalue weighted by molar-refractivity contribution is -0.133. The number of halogens is 1. The number of carbonyl (C=O) groups excluding carboxylic acids is 1. The summed E-state index contributed by atoms with van der Waals surface area (Å²) in [6.45, 7) is 5.00. The molecule has 1 aromatic rings. The first kappa shape index (κ1) is 18.0. The molecule has 21 heavy (non-hydrogen) atoms. The number of hydrogen-bond acceptors (Lipinski definition) is 2. The van der Waals surface area contributed by atoms with Gasteiger partial charge in [-0.1, -0.05) is 37.3 Å². The molecule has 1 N–H and O–H groups in total. The third-order valence-electron chi connectivity index (χ3n) is 4.21. The molecule has 0 aliphatic carbocycles. The Bertz CT molecular complexity index is 422. The predicted octanol–water partition coefficient (Wildman–Crippen LogP) is 3.06. The number of nitrogens with one attached hydrogen (secondary N) is 1. The molecule has 2 atom stereocenters. The molecule has 1 amide bonds. The maximum Gasteiger partial charge on any atom is 0.223 e. The van der Waals surface area contributed by atoms with Crippen molar-refractivity contribution < 1.29 is 4.79 Å². The van der Waals surface area contributed by atoms with Gasteiger partial charge in [0.2, 0.25) is 5.91 Å². The van der Waals surface area contributed by atoms with Crippen LogP contribution in [0.25, 0.3) is 0 Å². The second-order valence-electron chi connectivity index (χ2n) is 5.92. The first-order valence-electron chi connectivity index (χ1n) is 7.68. The fraction of sp³-hybridized carbons (Fsp3) is 0.588. The molecular weight excluding hydrogens is 284 g/mol.